The SMILES string of the molecule is NCc1c[nH]c2ncnc(CCc3ccccc3)c12. The van der Waals surface area contributed by atoms with E-state index in [4.69, 9.17) is 5.73 Å². The monoisotopic (exact) mass is 252 g/mol. The van der Waals surface area contributed by atoms with Crippen LogP contribution in [0.15, 0.2) is 42.9 Å². The summed E-state index contributed by atoms with van der Waals surface area (Å²) in [5.41, 5.74) is 10.1. The molecule has 2 heterocycles. The zero-order valence-electron chi connectivity index (χ0n) is 10.6. The van der Waals surface area contributed by atoms with Gasteiger partial charge in [0.05, 0.1) is 5.69 Å². The summed E-state index contributed by atoms with van der Waals surface area (Å²) in [6.45, 7) is 0.506. The minimum Gasteiger partial charge on any atom is -0.346 e. The molecule has 4 heteroatoms. The first kappa shape index (κ1) is 11.9. The van der Waals surface area contributed by atoms with Crippen molar-refractivity contribution >= 4 is 11.0 Å². The Morgan fingerprint density at radius 3 is 2.68 bits per heavy atom. The Kier molecular flexibility index (Phi) is 3.25. The van der Waals surface area contributed by atoms with Gasteiger partial charge in [0, 0.05) is 18.1 Å². The number of aromatic nitrogens is 3. The molecule has 0 radical (unpaired) electrons. The Labute approximate surface area is 111 Å². The smallest absolute Gasteiger partial charge is 0.141 e. The molecule has 0 saturated heterocycles. The largest absolute Gasteiger partial charge is 0.346 e. The fourth-order valence-electron chi connectivity index (χ4n) is 2.35. The van der Waals surface area contributed by atoms with Gasteiger partial charge in [0.2, 0.25) is 0 Å². The number of benzene rings is 1. The zero-order valence-corrected chi connectivity index (χ0v) is 10.6. The van der Waals surface area contributed by atoms with Gasteiger partial charge in [0.1, 0.15) is 12.0 Å². The van der Waals surface area contributed by atoms with Gasteiger partial charge in [-0.15, -0.1) is 0 Å². The Bertz CT molecular complexity index is 673. The van der Waals surface area contributed by atoms with Crippen molar-refractivity contribution in [3.63, 3.8) is 0 Å². The van der Waals surface area contributed by atoms with Gasteiger partial charge in [0.25, 0.3) is 0 Å². The molecule has 4 nitrogen and oxygen atoms in total. The first-order chi connectivity index (χ1) is 9.38. The van der Waals surface area contributed by atoms with Gasteiger partial charge in [-0.25, -0.2) is 9.97 Å². The second-order valence-corrected chi connectivity index (χ2v) is 4.55. The molecule has 3 N–H and O–H groups in total. The number of hydrogen-bond donors (Lipinski definition) is 2. The first-order valence-corrected chi connectivity index (χ1v) is 6.42. The van der Waals surface area contributed by atoms with Crippen LogP contribution >= 0.6 is 0 Å². The van der Waals surface area contributed by atoms with E-state index in [9.17, 15) is 0 Å². The summed E-state index contributed by atoms with van der Waals surface area (Å²) in [5, 5.41) is 1.08. The van der Waals surface area contributed by atoms with Crippen molar-refractivity contribution in [1.82, 2.24) is 15.0 Å². The van der Waals surface area contributed by atoms with Crippen molar-refractivity contribution in [2.24, 2.45) is 5.73 Å². The number of H-pyrrole nitrogens is 1. The zero-order chi connectivity index (χ0) is 13.1. The molecule has 96 valence electrons. The van der Waals surface area contributed by atoms with Gasteiger partial charge in [-0.2, -0.15) is 0 Å². The molecule has 2 aromatic heterocycles. The standard InChI is InChI=1S/C15H16N4/c16-8-12-9-17-15-14(12)13(18-10-19-15)7-6-11-4-2-1-3-5-11/h1-5,9-10H,6-8,16H2,(H,17,18,19). The summed E-state index contributed by atoms with van der Waals surface area (Å²) in [6, 6.07) is 10.4. The summed E-state index contributed by atoms with van der Waals surface area (Å²) in [7, 11) is 0. The van der Waals surface area contributed by atoms with E-state index >= 15 is 0 Å². The van der Waals surface area contributed by atoms with Crippen LogP contribution in [0.5, 0.6) is 0 Å². The van der Waals surface area contributed by atoms with Crippen molar-refractivity contribution in [1.29, 1.82) is 0 Å². The van der Waals surface area contributed by atoms with E-state index < -0.39 is 0 Å². The van der Waals surface area contributed by atoms with Crippen LogP contribution < -0.4 is 5.73 Å². The van der Waals surface area contributed by atoms with Crippen LogP contribution in [-0.2, 0) is 19.4 Å². The summed E-state index contributed by atoms with van der Waals surface area (Å²) in [5.74, 6) is 0. The quantitative estimate of drug-likeness (QED) is 0.748. The van der Waals surface area contributed by atoms with Crippen molar-refractivity contribution < 1.29 is 0 Å². The molecule has 1 aromatic carbocycles. The van der Waals surface area contributed by atoms with Gasteiger partial charge in [0.15, 0.2) is 0 Å². The summed E-state index contributed by atoms with van der Waals surface area (Å²) < 4.78 is 0. The lowest BCUT2D eigenvalue weighted by atomic mass is 10.1. The van der Waals surface area contributed by atoms with Crippen molar-refractivity contribution in [3.8, 4) is 0 Å². The van der Waals surface area contributed by atoms with Crippen LogP contribution in [-0.4, -0.2) is 15.0 Å². The molecule has 0 unspecified atom stereocenters. The number of hydrogen-bond acceptors (Lipinski definition) is 3. The van der Waals surface area contributed by atoms with Gasteiger partial charge in [-0.3, -0.25) is 0 Å². The lowest BCUT2D eigenvalue weighted by Gasteiger charge is -2.04. The Morgan fingerprint density at radius 2 is 1.89 bits per heavy atom. The van der Waals surface area contributed by atoms with E-state index in [1.165, 1.54) is 5.56 Å². The summed E-state index contributed by atoms with van der Waals surface area (Å²) in [4.78, 5) is 11.8. The topological polar surface area (TPSA) is 67.6 Å². The molecule has 0 saturated carbocycles. The number of aryl methyl sites for hydroxylation is 2. The molecule has 0 atom stereocenters. The highest BCUT2D eigenvalue weighted by Gasteiger charge is 2.09. The van der Waals surface area contributed by atoms with Crippen LogP contribution in [0.1, 0.15) is 16.8 Å². The molecule has 3 rings (SSSR count). The maximum absolute atomic E-state index is 5.76. The predicted molar refractivity (Wildman–Crippen MR) is 75.6 cm³/mol. The average molecular weight is 252 g/mol. The van der Waals surface area contributed by atoms with Gasteiger partial charge in [-0.1, -0.05) is 30.3 Å². The minimum atomic E-state index is 0.506. The first-order valence-electron chi connectivity index (χ1n) is 6.42. The summed E-state index contributed by atoms with van der Waals surface area (Å²) >= 11 is 0. The minimum absolute atomic E-state index is 0.506. The van der Waals surface area contributed by atoms with Crippen LogP contribution in [0.3, 0.4) is 0 Å². The molecule has 0 fully saturated rings. The third-order valence-corrected chi connectivity index (χ3v) is 3.34. The van der Waals surface area contributed by atoms with Crippen LogP contribution in [0, 0.1) is 0 Å². The lowest BCUT2D eigenvalue weighted by molar-refractivity contribution is 0.914. The molecule has 0 aliphatic heterocycles. The van der Waals surface area contributed by atoms with E-state index in [-0.39, 0.29) is 0 Å². The Balaban J connectivity index is 1.90. The Hall–Kier alpha value is -2.20. The maximum atomic E-state index is 5.76. The second kappa shape index (κ2) is 5.20. The number of nitrogens with two attached hydrogens (primary N) is 1. The molecular weight excluding hydrogens is 236 g/mol. The molecule has 0 aliphatic carbocycles. The normalized spacial score (nSPS) is 11.0. The summed E-state index contributed by atoms with van der Waals surface area (Å²) in [6.07, 6.45) is 5.40. The highest BCUT2D eigenvalue weighted by molar-refractivity contribution is 5.82. The third-order valence-electron chi connectivity index (χ3n) is 3.34. The van der Waals surface area contributed by atoms with E-state index in [1.807, 2.05) is 12.3 Å². The van der Waals surface area contributed by atoms with Crippen molar-refractivity contribution in [2.45, 2.75) is 19.4 Å². The highest BCUT2D eigenvalue weighted by atomic mass is 14.9. The van der Waals surface area contributed by atoms with E-state index in [2.05, 4.69) is 39.2 Å². The van der Waals surface area contributed by atoms with Crippen molar-refractivity contribution in [2.75, 3.05) is 0 Å². The molecule has 0 bridgehead atoms. The molecule has 0 aliphatic rings. The van der Waals surface area contributed by atoms with Gasteiger partial charge < -0.3 is 10.7 Å². The van der Waals surface area contributed by atoms with Crippen LogP contribution in [0.2, 0.25) is 0 Å². The van der Waals surface area contributed by atoms with Crippen molar-refractivity contribution in [3.05, 3.63) is 59.7 Å². The Morgan fingerprint density at radius 1 is 1.05 bits per heavy atom. The van der Waals surface area contributed by atoms with Crippen LogP contribution in [0.4, 0.5) is 0 Å². The number of rotatable bonds is 4. The molecule has 0 amide bonds. The fourth-order valence-corrected chi connectivity index (χ4v) is 2.35. The maximum Gasteiger partial charge on any atom is 0.141 e. The fraction of sp³-hybridized carbons (Fsp3) is 0.200. The van der Waals surface area contributed by atoms with Gasteiger partial charge in [-0.05, 0) is 24.0 Å². The van der Waals surface area contributed by atoms with E-state index in [0.717, 1.165) is 35.1 Å². The molecular formula is C15H16N4. The third kappa shape index (κ3) is 2.35. The second-order valence-electron chi connectivity index (χ2n) is 4.55. The predicted octanol–water partition coefficient (Wildman–Crippen LogP) is 2.20. The molecule has 3 aromatic rings. The number of aromatic amines is 1. The molecule has 19 heavy (non-hydrogen) atoms. The average Bonchev–Trinajstić information content (AvgIpc) is 2.90. The number of nitrogens with zero attached hydrogens (tertiary/aromatic N) is 2. The number of nitrogens with one attached hydrogen (secondary N) is 1. The number of fused-ring (bicyclic) bond motifs is 1. The molecule has 0 spiro atoms. The van der Waals surface area contributed by atoms with E-state index in [0.29, 0.717) is 6.54 Å². The lowest BCUT2D eigenvalue weighted by Crippen LogP contribution is -2.00. The highest BCUT2D eigenvalue weighted by Crippen LogP contribution is 2.20. The van der Waals surface area contributed by atoms with E-state index in [1.54, 1.807) is 6.33 Å². The van der Waals surface area contributed by atoms with Crippen LogP contribution in [0.25, 0.3) is 11.0 Å². The van der Waals surface area contributed by atoms with Gasteiger partial charge >= 0.3 is 0 Å².